The van der Waals surface area contributed by atoms with Crippen LogP contribution >= 0.6 is 0 Å². The number of anilines is 1. The summed E-state index contributed by atoms with van der Waals surface area (Å²) in [6, 6.07) is 6.82. The predicted octanol–water partition coefficient (Wildman–Crippen LogP) is 4.30. The number of hydrogen-bond donors (Lipinski definition) is 1. The Kier molecular flexibility index (Phi) is 4.26. The molecule has 1 atom stereocenters. The molecule has 1 fully saturated rings. The summed E-state index contributed by atoms with van der Waals surface area (Å²) in [7, 11) is 0. The maximum atomic E-state index is 3.58. The van der Waals surface area contributed by atoms with Gasteiger partial charge in [0.15, 0.2) is 0 Å². The Morgan fingerprint density at radius 1 is 1.19 bits per heavy atom. The number of likely N-dealkylation sites (tertiary alicyclic amines) is 1. The smallest absolute Gasteiger partial charge is 0.0419 e. The molecule has 0 saturated carbocycles. The highest BCUT2D eigenvalue weighted by atomic mass is 15.1. The number of nitrogens with zero attached hydrogens (tertiary/aromatic N) is 1. The fourth-order valence-corrected chi connectivity index (χ4v) is 3.96. The van der Waals surface area contributed by atoms with E-state index >= 15 is 0 Å². The molecule has 3 rings (SSSR count). The van der Waals surface area contributed by atoms with Gasteiger partial charge in [0.2, 0.25) is 0 Å². The van der Waals surface area contributed by atoms with Crippen molar-refractivity contribution in [2.75, 3.05) is 25.0 Å². The molecule has 1 unspecified atom stereocenters. The van der Waals surface area contributed by atoms with Crippen molar-refractivity contribution in [1.29, 1.82) is 0 Å². The normalized spacial score (nSPS) is 23.5. The Balaban J connectivity index is 1.65. The molecule has 0 aliphatic carbocycles. The Morgan fingerprint density at radius 2 is 2.05 bits per heavy atom. The van der Waals surface area contributed by atoms with Crippen molar-refractivity contribution in [3.8, 4) is 0 Å². The third-order valence-electron chi connectivity index (χ3n) is 5.37. The van der Waals surface area contributed by atoms with Crippen LogP contribution in [0.4, 0.5) is 5.69 Å². The third-order valence-corrected chi connectivity index (χ3v) is 5.37. The van der Waals surface area contributed by atoms with E-state index in [1.807, 2.05) is 0 Å². The molecule has 1 saturated heterocycles. The molecule has 2 aliphatic rings. The molecule has 2 heteroatoms. The Bertz CT molecular complexity index is 487. The molecule has 1 aromatic carbocycles. The molecule has 2 aliphatic heterocycles. The van der Waals surface area contributed by atoms with Crippen molar-refractivity contribution in [3.05, 3.63) is 29.3 Å². The lowest BCUT2D eigenvalue weighted by Crippen LogP contribution is -2.26. The minimum Gasteiger partial charge on any atom is -0.384 e. The Hall–Kier alpha value is -1.02. The second kappa shape index (κ2) is 6.00. The molecule has 0 aromatic heterocycles. The predicted molar refractivity (Wildman–Crippen MR) is 90.7 cm³/mol. The van der Waals surface area contributed by atoms with Crippen molar-refractivity contribution in [2.24, 2.45) is 11.3 Å². The average Bonchev–Trinajstić information content (AvgIpc) is 2.78. The number of para-hydroxylation sites is 1. The molecule has 0 radical (unpaired) electrons. The summed E-state index contributed by atoms with van der Waals surface area (Å²) in [6.45, 7) is 12.0. The molecule has 1 N–H and O–H groups in total. The minimum absolute atomic E-state index is 0.464. The van der Waals surface area contributed by atoms with Gasteiger partial charge >= 0.3 is 0 Å². The summed E-state index contributed by atoms with van der Waals surface area (Å²) >= 11 is 0. The summed E-state index contributed by atoms with van der Waals surface area (Å²) in [5.41, 5.74) is 4.90. The van der Waals surface area contributed by atoms with Crippen LogP contribution in [0.2, 0.25) is 0 Å². The largest absolute Gasteiger partial charge is 0.384 e. The van der Waals surface area contributed by atoms with Gasteiger partial charge in [-0.1, -0.05) is 39.0 Å². The lowest BCUT2D eigenvalue weighted by molar-refractivity contribution is 0.206. The van der Waals surface area contributed by atoms with E-state index in [4.69, 9.17) is 0 Å². The van der Waals surface area contributed by atoms with E-state index in [0.29, 0.717) is 5.41 Å². The molecular weight excluding hydrogens is 256 g/mol. The molecule has 0 bridgehead atoms. The molecular formula is C19H30N2. The van der Waals surface area contributed by atoms with Gasteiger partial charge in [-0.05, 0) is 61.2 Å². The van der Waals surface area contributed by atoms with Crippen LogP contribution in [-0.4, -0.2) is 24.5 Å². The van der Waals surface area contributed by atoms with Crippen LogP contribution < -0.4 is 5.32 Å². The van der Waals surface area contributed by atoms with Crippen molar-refractivity contribution in [2.45, 2.75) is 53.0 Å². The van der Waals surface area contributed by atoms with Gasteiger partial charge in [-0.3, -0.25) is 4.90 Å². The van der Waals surface area contributed by atoms with Gasteiger partial charge in [0.05, 0.1) is 0 Å². The first-order chi connectivity index (χ1) is 10.0. The van der Waals surface area contributed by atoms with Gasteiger partial charge in [-0.25, -0.2) is 0 Å². The fourth-order valence-electron chi connectivity index (χ4n) is 3.96. The van der Waals surface area contributed by atoms with E-state index in [1.54, 1.807) is 0 Å². The monoisotopic (exact) mass is 286 g/mol. The quantitative estimate of drug-likeness (QED) is 0.872. The maximum absolute atomic E-state index is 3.58. The minimum atomic E-state index is 0.464. The summed E-state index contributed by atoms with van der Waals surface area (Å²) in [6.07, 6.45) is 5.29. The van der Waals surface area contributed by atoms with E-state index in [1.165, 1.54) is 55.6 Å². The van der Waals surface area contributed by atoms with Gasteiger partial charge in [0, 0.05) is 18.8 Å². The maximum Gasteiger partial charge on any atom is 0.0419 e. The zero-order valence-electron chi connectivity index (χ0n) is 13.9. The van der Waals surface area contributed by atoms with E-state index in [0.717, 1.165) is 19.0 Å². The van der Waals surface area contributed by atoms with Crippen LogP contribution in [0.15, 0.2) is 18.2 Å². The number of hydrogen-bond acceptors (Lipinski definition) is 2. The van der Waals surface area contributed by atoms with E-state index in [9.17, 15) is 0 Å². The van der Waals surface area contributed by atoms with Crippen molar-refractivity contribution in [3.63, 3.8) is 0 Å². The first kappa shape index (κ1) is 14.9. The number of rotatable bonds is 2. The Labute approximate surface area is 129 Å². The summed E-state index contributed by atoms with van der Waals surface area (Å²) in [5, 5.41) is 3.58. The van der Waals surface area contributed by atoms with E-state index in [-0.39, 0.29) is 0 Å². The van der Waals surface area contributed by atoms with Crippen LogP contribution in [0.5, 0.6) is 0 Å². The SMILES string of the molecule is CC(C)(C)C1CCCN(Cc2cccc3c2NCC3)CC1. The first-order valence-corrected chi connectivity index (χ1v) is 8.61. The van der Waals surface area contributed by atoms with Gasteiger partial charge in [-0.2, -0.15) is 0 Å². The second-order valence-electron chi connectivity index (χ2n) is 7.90. The standard InChI is InChI=1S/C19H30N2/c1-19(2,3)17-8-5-12-21(13-10-17)14-16-7-4-6-15-9-11-20-18(15)16/h4,6-7,17,20H,5,8-14H2,1-3H3. The highest BCUT2D eigenvalue weighted by molar-refractivity contribution is 5.61. The van der Waals surface area contributed by atoms with Gasteiger partial charge in [0.25, 0.3) is 0 Å². The first-order valence-electron chi connectivity index (χ1n) is 8.61. The molecule has 0 amide bonds. The van der Waals surface area contributed by atoms with Crippen LogP contribution in [0.25, 0.3) is 0 Å². The molecule has 2 heterocycles. The molecule has 116 valence electrons. The zero-order valence-corrected chi connectivity index (χ0v) is 13.9. The molecule has 21 heavy (non-hydrogen) atoms. The van der Waals surface area contributed by atoms with Crippen LogP contribution in [0.3, 0.4) is 0 Å². The number of fused-ring (bicyclic) bond motifs is 1. The second-order valence-corrected chi connectivity index (χ2v) is 7.90. The highest BCUT2D eigenvalue weighted by Crippen LogP contribution is 2.35. The van der Waals surface area contributed by atoms with Crippen molar-refractivity contribution < 1.29 is 0 Å². The van der Waals surface area contributed by atoms with E-state index in [2.05, 4.69) is 49.2 Å². The van der Waals surface area contributed by atoms with Crippen molar-refractivity contribution >= 4 is 5.69 Å². The lowest BCUT2D eigenvalue weighted by atomic mass is 9.77. The van der Waals surface area contributed by atoms with Gasteiger partial charge < -0.3 is 5.32 Å². The topological polar surface area (TPSA) is 15.3 Å². The number of benzene rings is 1. The number of nitrogens with one attached hydrogen (secondary N) is 1. The lowest BCUT2D eigenvalue weighted by Gasteiger charge is -2.30. The zero-order chi connectivity index (χ0) is 14.9. The highest BCUT2D eigenvalue weighted by Gasteiger charge is 2.27. The molecule has 2 nitrogen and oxygen atoms in total. The fraction of sp³-hybridized carbons (Fsp3) is 0.684. The summed E-state index contributed by atoms with van der Waals surface area (Å²) in [5.74, 6) is 0.877. The van der Waals surface area contributed by atoms with Crippen LogP contribution in [0, 0.1) is 11.3 Å². The van der Waals surface area contributed by atoms with E-state index < -0.39 is 0 Å². The molecule has 1 aromatic rings. The Morgan fingerprint density at radius 3 is 2.86 bits per heavy atom. The van der Waals surface area contributed by atoms with Gasteiger partial charge in [-0.15, -0.1) is 0 Å². The third kappa shape index (κ3) is 3.42. The summed E-state index contributed by atoms with van der Waals surface area (Å²) < 4.78 is 0. The average molecular weight is 286 g/mol. The van der Waals surface area contributed by atoms with Gasteiger partial charge in [0.1, 0.15) is 0 Å². The summed E-state index contributed by atoms with van der Waals surface area (Å²) in [4.78, 5) is 2.67. The van der Waals surface area contributed by atoms with Crippen LogP contribution in [-0.2, 0) is 13.0 Å². The molecule has 0 spiro atoms. The van der Waals surface area contributed by atoms with Crippen molar-refractivity contribution in [1.82, 2.24) is 4.90 Å². The van der Waals surface area contributed by atoms with Crippen LogP contribution in [0.1, 0.15) is 51.2 Å².